The van der Waals surface area contributed by atoms with Gasteiger partial charge in [0.25, 0.3) is 0 Å². The third-order valence-corrected chi connectivity index (χ3v) is 2.31. The van der Waals surface area contributed by atoms with Crippen LogP contribution in [0, 0.1) is 16.7 Å². The maximum Gasteiger partial charge on any atom is 0.0908 e. The third-order valence-electron chi connectivity index (χ3n) is 2.31. The van der Waals surface area contributed by atoms with E-state index in [0.29, 0.717) is 5.41 Å². The van der Waals surface area contributed by atoms with Gasteiger partial charge in [-0.3, -0.25) is 0 Å². The summed E-state index contributed by atoms with van der Waals surface area (Å²) in [5.41, 5.74) is 0.343. The predicted octanol–water partition coefficient (Wildman–Crippen LogP) is 2.65. The van der Waals surface area contributed by atoms with Crippen LogP contribution < -0.4 is 0 Å². The van der Waals surface area contributed by atoms with Gasteiger partial charge in [-0.2, -0.15) is 5.26 Å². The second-order valence-corrected chi connectivity index (χ2v) is 3.32. The highest BCUT2D eigenvalue weighted by atomic mass is 14.3. The zero-order chi connectivity index (χ0) is 7.45. The molecular weight excluding hydrogens is 122 g/mol. The van der Waals surface area contributed by atoms with Crippen LogP contribution >= 0.6 is 0 Å². The molecule has 0 unspecified atom stereocenters. The molecule has 0 aromatic carbocycles. The Morgan fingerprint density at radius 1 is 1.40 bits per heavy atom. The second kappa shape index (κ2) is 2.88. The number of nitrogens with zero attached hydrogens (tertiary/aromatic N) is 1. The van der Waals surface area contributed by atoms with Crippen LogP contribution in [0.5, 0.6) is 0 Å². The van der Waals surface area contributed by atoms with Crippen molar-refractivity contribution in [1.29, 1.82) is 5.26 Å². The normalized spacial score (nSPS) is 23.2. The van der Waals surface area contributed by atoms with Gasteiger partial charge >= 0.3 is 0 Å². The summed E-state index contributed by atoms with van der Waals surface area (Å²) >= 11 is 0. The van der Waals surface area contributed by atoms with E-state index >= 15 is 0 Å². The summed E-state index contributed by atoms with van der Waals surface area (Å²) in [5.74, 6) is 0. The summed E-state index contributed by atoms with van der Waals surface area (Å²) in [6.45, 7) is 2.23. The monoisotopic (exact) mass is 135 g/mol. The van der Waals surface area contributed by atoms with Crippen molar-refractivity contribution >= 4 is 0 Å². The van der Waals surface area contributed by atoms with Crippen molar-refractivity contribution in [3.8, 4) is 6.07 Å². The Hall–Kier alpha value is -0.770. The van der Waals surface area contributed by atoms with Gasteiger partial charge in [-0.1, -0.05) is 25.8 Å². The van der Waals surface area contributed by atoms with Crippen molar-refractivity contribution < 1.29 is 0 Å². The molecule has 0 heterocycles. The second-order valence-electron chi connectivity index (χ2n) is 3.32. The molecule has 10 heavy (non-hydrogen) atoms. The van der Waals surface area contributed by atoms with Crippen LogP contribution in [-0.2, 0) is 0 Å². The average Bonchev–Trinajstić information content (AvgIpc) is 2.33. The van der Waals surface area contributed by atoms with Crippen LogP contribution in [0.2, 0.25) is 0 Å². The number of hydrogen-bond donors (Lipinski definition) is 0. The molecule has 54 valence electrons. The fourth-order valence-electron chi connectivity index (χ4n) is 1.59. The molecule has 0 amide bonds. The number of rotatable bonds is 1. The van der Waals surface area contributed by atoms with E-state index in [9.17, 15) is 0 Å². The molecule has 1 heteroatoms. The molecule has 0 N–H and O–H groups in total. The van der Waals surface area contributed by atoms with Gasteiger partial charge in [0.2, 0.25) is 0 Å². The zero-order valence-corrected chi connectivity index (χ0v) is 6.43. The quantitative estimate of drug-likeness (QED) is 0.507. The van der Waals surface area contributed by atoms with Gasteiger partial charge in [0, 0.05) is 6.08 Å². The van der Waals surface area contributed by atoms with Crippen molar-refractivity contribution in [3.63, 3.8) is 0 Å². The predicted molar refractivity (Wildman–Crippen MR) is 41.3 cm³/mol. The summed E-state index contributed by atoms with van der Waals surface area (Å²) in [6, 6.07) is 2.04. The van der Waals surface area contributed by atoms with E-state index < -0.39 is 0 Å². The Balaban J connectivity index is 2.53. The summed E-state index contributed by atoms with van der Waals surface area (Å²) < 4.78 is 0. The molecule has 0 atom stereocenters. The van der Waals surface area contributed by atoms with E-state index in [1.165, 1.54) is 25.7 Å². The lowest BCUT2D eigenvalue weighted by atomic mass is 9.89. The molecule has 0 bridgehead atoms. The molecule has 1 nitrogen and oxygen atoms in total. The zero-order valence-electron chi connectivity index (χ0n) is 6.43. The maximum absolute atomic E-state index is 8.30. The minimum absolute atomic E-state index is 0.343. The fourth-order valence-corrected chi connectivity index (χ4v) is 1.59. The highest BCUT2D eigenvalue weighted by Crippen LogP contribution is 2.38. The van der Waals surface area contributed by atoms with Gasteiger partial charge in [-0.15, -0.1) is 0 Å². The molecule has 1 fully saturated rings. The lowest BCUT2D eigenvalue weighted by molar-refractivity contribution is 0.446. The Morgan fingerprint density at radius 3 is 2.50 bits per heavy atom. The number of hydrogen-bond acceptors (Lipinski definition) is 1. The maximum atomic E-state index is 8.30. The van der Waals surface area contributed by atoms with Gasteiger partial charge in [0.05, 0.1) is 6.07 Å². The van der Waals surface area contributed by atoms with Crippen LogP contribution in [0.15, 0.2) is 12.2 Å². The molecule has 0 saturated heterocycles. The van der Waals surface area contributed by atoms with Crippen LogP contribution in [-0.4, -0.2) is 0 Å². The SMILES string of the molecule is CC1(/C=C/C#N)CCCC1. The first-order valence-corrected chi connectivity index (χ1v) is 3.84. The van der Waals surface area contributed by atoms with E-state index in [-0.39, 0.29) is 0 Å². The minimum Gasteiger partial charge on any atom is -0.193 e. The summed E-state index contributed by atoms with van der Waals surface area (Å²) in [5, 5.41) is 8.30. The molecular formula is C9H13N. The van der Waals surface area contributed by atoms with Crippen LogP contribution in [0.1, 0.15) is 32.6 Å². The Bertz CT molecular complexity index is 168. The van der Waals surface area contributed by atoms with Crippen molar-refractivity contribution in [1.82, 2.24) is 0 Å². The van der Waals surface area contributed by atoms with Crippen molar-refractivity contribution in [2.45, 2.75) is 32.6 Å². The fraction of sp³-hybridized carbons (Fsp3) is 0.667. The van der Waals surface area contributed by atoms with Crippen molar-refractivity contribution in [3.05, 3.63) is 12.2 Å². The summed E-state index contributed by atoms with van der Waals surface area (Å²) in [6.07, 6.45) is 8.83. The minimum atomic E-state index is 0.343. The topological polar surface area (TPSA) is 23.8 Å². The van der Waals surface area contributed by atoms with Crippen molar-refractivity contribution in [2.24, 2.45) is 5.41 Å². The highest BCUT2D eigenvalue weighted by Gasteiger charge is 2.24. The average molecular weight is 135 g/mol. The van der Waals surface area contributed by atoms with Gasteiger partial charge in [-0.05, 0) is 18.3 Å². The van der Waals surface area contributed by atoms with Gasteiger partial charge in [-0.25, -0.2) is 0 Å². The number of nitriles is 1. The number of allylic oxidation sites excluding steroid dienone is 2. The molecule has 1 rings (SSSR count). The molecule has 1 aliphatic rings. The smallest absolute Gasteiger partial charge is 0.0908 e. The Labute approximate surface area is 62.4 Å². The Kier molecular flexibility index (Phi) is 2.11. The van der Waals surface area contributed by atoms with Gasteiger partial charge < -0.3 is 0 Å². The third kappa shape index (κ3) is 1.60. The summed E-state index contributed by atoms with van der Waals surface area (Å²) in [4.78, 5) is 0. The molecule has 0 aromatic heterocycles. The van der Waals surface area contributed by atoms with E-state index in [1.807, 2.05) is 6.07 Å². The van der Waals surface area contributed by atoms with Crippen LogP contribution in [0.3, 0.4) is 0 Å². The van der Waals surface area contributed by atoms with E-state index in [2.05, 4.69) is 13.0 Å². The molecule has 0 radical (unpaired) electrons. The van der Waals surface area contributed by atoms with Crippen molar-refractivity contribution in [2.75, 3.05) is 0 Å². The molecule has 0 aliphatic heterocycles. The molecule has 1 saturated carbocycles. The first-order valence-electron chi connectivity index (χ1n) is 3.84. The first-order chi connectivity index (χ1) is 4.77. The molecule has 0 aromatic rings. The first kappa shape index (κ1) is 7.34. The molecule has 1 aliphatic carbocycles. The van der Waals surface area contributed by atoms with Crippen LogP contribution in [0.4, 0.5) is 0 Å². The van der Waals surface area contributed by atoms with Gasteiger partial charge in [0.15, 0.2) is 0 Å². The van der Waals surface area contributed by atoms with E-state index in [1.54, 1.807) is 6.08 Å². The summed E-state index contributed by atoms with van der Waals surface area (Å²) in [7, 11) is 0. The van der Waals surface area contributed by atoms with Gasteiger partial charge in [0.1, 0.15) is 0 Å². The Morgan fingerprint density at radius 2 is 2.00 bits per heavy atom. The van der Waals surface area contributed by atoms with Crippen LogP contribution in [0.25, 0.3) is 0 Å². The highest BCUT2D eigenvalue weighted by molar-refractivity contribution is 5.09. The van der Waals surface area contributed by atoms with E-state index in [4.69, 9.17) is 5.26 Å². The standard InChI is InChI=1S/C9H13N/c1-9(7-4-8-10)5-2-3-6-9/h4,7H,2-3,5-6H2,1H3/b7-4+. The largest absolute Gasteiger partial charge is 0.193 e. The van der Waals surface area contributed by atoms with E-state index in [0.717, 1.165) is 0 Å². The lowest BCUT2D eigenvalue weighted by Crippen LogP contribution is -2.05. The lowest BCUT2D eigenvalue weighted by Gasteiger charge is -2.16. The molecule has 0 spiro atoms.